The average Bonchev–Trinajstić information content (AvgIpc) is 2.29. The molecule has 1 unspecified atom stereocenters. The monoisotopic (exact) mass is 280 g/mol. The van der Waals surface area contributed by atoms with Gasteiger partial charge in [0.1, 0.15) is 0 Å². The highest BCUT2D eigenvalue weighted by atomic mass is 32.2. The fourth-order valence-electron chi connectivity index (χ4n) is 1.32. The second-order valence-corrected chi connectivity index (χ2v) is 5.66. The number of nitrogens with one attached hydrogen (secondary N) is 2. The molecule has 0 aromatic carbocycles. The van der Waals surface area contributed by atoms with Gasteiger partial charge in [0, 0.05) is 13.1 Å². The first-order valence-electron chi connectivity index (χ1n) is 5.51. The minimum Gasteiger partial charge on any atom is -0.409 e. The topological polar surface area (TPSA) is 134 Å². The van der Waals surface area contributed by atoms with Crippen LogP contribution in [-0.4, -0.2) is 44.7 Å². The Morgan fingerprint density at radius 3 is 2.50 bits per heavy atom. The Kier molecular flexibility index (Phi) is 7.29. The minimum atomic E-state index is -3.26. The lowest BCUT2D eigenvalue weighted by Gasteiger charge is -2.14. The number of amidine groups is 1. The molecular formula is C9H20N4O4S. The van der Waals surface area contributed by atoms with Crippen LogP contribution in [0.4, 0.5) is 0 Å². The normalized spacial score (nSPS) is 14.2. The van der Waals surface area contributed by atoms with Gasteiger partial charge in [0.05, 0.1) is 12.2 Å². The molecule has 0 spiro atoms. The lowest BCUT2D eigenvalue weighted by atomic mass is 10.0. The Balaban J connectivity index is 4.20. The molecule has 0 rings (SSSR count). The third-order valence-electron chi connectivity index (χ3n) is 2.15. The third-order valence-corrected chi connectivity index (χ3v) is 2.88. The Morgan fingerprint density at radius 1 is 1.44 bits per heavy atom. The van der Waals surface area contributed by atoms with Crippen molar-refractivity contribution in [3.63, 3.8) is 0 Å². The summed E-state index contributed by atoms with van der Waals surface area (Å²) in [5, 5.41) is 13.9. The summed E-state index contributed by atoms with van der Waals surface area (Å²) in [4.78, 5) is 11.7. The van der Waals surface area contributed by atoms with E-state index in [-0.39, 0.29) is 24.8 Å². The molecular weight excluding hydrogens is 260 g/mol. The van der Waals surface area contributed by atoms with Crippen molar-refractivity contribution in [2.24, 2.45) is 16.8 Å². The Hall–Kier alpha value is -1.35. The van der Waals surface area contributed by atoms with E-state index in [0.717, 1.165) is 6.26 Å². The standard InChI is InChI=1S/C9H20N4O4S/c1-3-4-7(8(10)13-15)9(14)11-5-6-12-18(2,16)17/h7,12,15H,3-6H2,1-2H3,(H2,10,13)(H,11,14). The molecule has 8 nitrogen and oxygen atoms in total. The van der Waals surface area contributed by atoms with Crippen LogP contribution in [0.25, 0.3) is 0 Å². The highest BCUT2D eigenvalue weighted by molar-refractivity contribution is 7.88. The molecule has 0 heterocycles. The predicted molar refractivity (Wildman–Crippen MR) is 67.7 cm³/mol. The van der Waals surface area contributed by atoms with E-state index in [9.17, 15) is 13.2 Å². The number of carbonyl (C=O) groups excluding carboxylic acids is 1. The summed E-state index contributed by atoms with van der Waals surface area (Å²) >= 11 is 0. The highest BCUT2D eigenvalue weighted by Gasteiger charge is 2.21. The van der Waals surface area contributed by atoms with Crippen LogP contribution >= 0.6 is 0 Å². The number of carbonyl (C=O) groups is 1. The number of rotatable bonds is 8. The maximum absolute atomic E-state index is 11.7. The van der Waals surface area contributed by atoms with Crippen molar-refractivity contribution in [1.29, 1.82) is 0 Å². The van der Waals surface area contributed by atoms with E-state index in [1.807, 2.05) is 6.92 Å². The summed E-state index contributed by atoms with van der Waals surface area (Å²) in [7, 11) is -3.26. The average molecular weight is 280 g/mol. The number of amides is 1. The van der Waals surface area contributed by atoms with Gasteiger partial charge in [-0.1, -0.05) is 18.5 Å². The number of nitrogens with zero attached hydrogens (tertiary/aromatic N) is 1. The van der Waals surface area contributed by atoms with Crippen molar-refractivity contribution in [3.05, 3.63) is 0 Å². The molecule has 106 valence electrons. The summed E-state index contributed by atoms with van der Waals surface area (Å²) in [6.07, 6.45) is 2.20. The second-order valence-electron chi connectivity index (χ2n) is 3.82. The zero-order chi connectivity index (χ0) is 14.2. The molecule has 0 saturated heterocycles. The Morgan fingerprint density at radius 2 is 2.06 bits per heavy atom. The van der Waals surface area contributed by atoms with Crippen LogP contribution in [0.3, 0.4) is 0 Å². The van der Waals surface area contributed by atoms with Gasteiger partial charge in [-0.05, 0) is 6.42 Å². The van der Waals surface area contributed by atoms with Gasteiger partial charge in [-0.2, -0.15) is 0 Å². The molecule has 0 fully saturated rings. The highest BCUT2D eigenvalue weighted by Crippen LogP contribution is 2.06. The van der Waals surface area contributed by atoms with Gasteiger partial charge in [-0.15, -0.1) is 0 Å². The van der Waals surface area contributed by atoms with Crippen molar-refractivity contribution in [1.82, 2.24) is 10.0 Å². The van der Waals surface area contributed by atoms with Gasteiger partial charge in [-0.3, -0.25) is 4.79 Å². The maximum atomic E-state index is 11.7. The fraction of sp³-hybridized carbons (Fsp3) is 0.778. The molecule has 0 saturated carbocycles. The van der Waals surface area contributed by atoms with Crippen LogP contribution < -0.4 is 15.8 Å². The van der Waals surface area contributed by atoms with Crippen LogP contribution in [0.2, 0.25) is 0 Å². The van der Waals surface area contributed by atoms with Crippen LogP contribution in [-0.2, 0) is 14.8 Å². The van der Waals surface area contributed by atoms with Gasteiger partial charge in [0.15, 0.2) is 5.84 Å². The lowest BCUT2D eigenvalue weighted by Crippen LogP contribution is -2.41. The van der Waals surface area contributed by atoms with Gasteiger partial charge >= 0.3 is 0 Å². The number of oxime groups is 1. The van der Waals surface area contributed by atoms with Gasteiger partial charge in [0.25, 0.3) is 0 Å². The molecule has 0 aliphatic rings. The summed E-state index contributed by atoms with van der Waals surface area (Å²) < 4.78 is 23.8. The smallest absolute Gasteiger partial charge is 0.230 e. The lowest BCUT2D eigenvalue weighted by molar-refractivity contribution is -0.123. The van der Waals surface area contributed by atoms with Crippen molar-refractivity contribution in [2.45, 2.75) is 19.8 Å². The minimum absolute atomic E-state index is 0.0968. The number of nitrogens with two attached hydrogens (primary N) is 1. The van der Waals surface area contributed by atoms with Crippen molar-refractivity contribution in [2.75, 3.05) is 19.3 Å². The number of sulfonamides is 1. The molecule has 0 radical (unpaired) electrons. The quantitative estimate of drug-likeness (QED) is 0.146. The SMILES string of the molecule is CCCC(C(=O)NCCNS(C)(=O)=O)C(N)=NO. The van der Waals surface area contributed by atoms with Crippen LogP contribution in [0.5, 0.6) is 0 Å². The Bertz CT molecular complexity index is 393. The molecule has 18 heavy (non-hydrogen) atoms. The van der Waals surface area contributed by atoms with Crippen molar-refractivity contribution < 1.29 is 18.4 Å². The number of hydrogen-bond donors (Lipinski definition) is 4. The van der Waals surface area contributed by atoms with Crippen molar-refractivity contribution in [3.8, 4) is 0 Å². The van der Waals surface area contributed by atoms with Gasteiger partial charge in [0.2, 0.25) is 15.9 Å². The molecule has 0 aromatic rings. The van der Waals surface area contributed by atoms with Gasteiger partial charge < -0.3 is 16.3 Å². The summed E-state index contributed by atoms with van der Waals surface area (Å²) in [5.41, 5.74) is 5.41. The predicted octanol–water partition coefficient (Wildman–Crippen LogP) is -1.19. The first-order valence-corrected chi connectivity index (χ1v) is 7.40. The van der Waals surface area contributed by atoms with Crippen molar-refractivity contribution >= 4 is 21.8 Å². The molecule has 1 atom stereocenters. The van der Waals surface area contributed by atoms with E-state index in [1.54, 1.807) is 0 Å². The van der Waals surface area contributed by atoms with Crippen LogP contribution in [0.15, 0.2) is 5.16 Å². The van der Waals surface area contributed by atoms with Crippen LogP contribution in [0, 0.1) is 5.92 Å². The zero-order valence-electron chi connectivity index (χ0n) is 10.5. The van der Waals surface area contributed by atoms with E-state index in [4.69, 9.17) is 10.9 Å². The van der Waals surface area contributed by atoms with Crippen LogP contribution in [0.1, 0.15) is 19.8 Å². The molecule has 0 bridgehead atoms. The first-order chi connectivity index (χ1) is 8.31. The Labute approximate surface area is 107 Å². The largest absolute Gasteiger partial charge is 0.409 e. The molecule has 9 heteroatoms. The summed E-state index contributed by atoms with van der Waals surface area (Å²) in [6.45, 7) is 2.11. The van der Waals surface area contributed by atoms with E-state index in [1.165, 1.54) is 0 Å². The summed E-state index contributed by atoms with van der Waals surface area (Å²) in [5.74, 6) is -1.23. The van der Waals surface area contributed by atoms with E-state index >= 15 is 0 Å². The summed E-state index contributed by atoms with van der Waals surface area (Å²) in [6, 6.07) is 0. The van der Waals surface area contributed by atoms with E-state index < -0.39 is 15.9 Å². The first kappa shape index (κ1) is 16.6. The zero-order valence-corrected chi connectivity index (χ0v) is 11.3. The van der Waals surface area contributed by atoms with E-state index in [2.05, 4.69) is 15.2 Å². The fourth-order valence-corrected chi connectivity index (χ4v) is 1.79. The molecule has 5 N–H and O–H groups in total. The molecule has 0 aliphatic carbocycles. The number of hydrogen-bond acceptors (Lipinski definition) is 5. The van der Waals surface area contributed by atoms with Gasteiger partial charge in [-0.25, -0.2) is 13.1 Å². The molecule has 0 aliphatic heterocycles. The maximum Gasteiger partial charge on any atom is 0.230 e. The third kappa shape index (κ3) is 7.07. The molecule has 1 amide bonds. The second kappa shape index (κ2) is 7.88. The molecule has 0 aromatic heterocycles. The van der Waals surface area contributed by atoms with E-state index in [0.29, 0.717) is 12.8 Å².